The van der Waals surface area contributed by atoms with E-state index in [1.165, 1.54) is 0 Å². The quantitative estimate of drug-likeness (QED) is 0.895. The van der Waals surface area contributed by atoms with Gasteiger partial charge in [0.1, 0.15) is 12.4 Å². The molecule has 0 aromatic heterocycles. The fraction of sp³-hybridized carbons (Fsp3) is 0.368. The highest BCUT2D eigenvalue weighted by atomic mass is 35.5. The van der Waals surface area contributed by atoms with E-state index in [0.717, 1.165) is 42.9 Å². The van der Waals surface area contributed by atoms with E-state index >= 15 is 0 Å². The molecule has 1 fully saturated rings. The first-order valence-corrected chi connectivity index (χ1v) is 7.93. The molecule has 1 heterocycles. The van der Waals surface area contributed by atoms with E-state index in [4.69, 9.17) is 15.2 Å². The predicted octanol–water partition coefficient (Wildman–Crippen LogP) is 4.11. The highest BCUT2D eigenvalue weighted by Crippen LogP contribution is 2.33. The van der Waals surface area contributed by atoms with Crippen LogP contribution in [0.4, 0.5) is 0 Å². The number of hydrogen-bond donors (Lipinski definition) is 1. The van der Waals surface area contributed by atoms with Gasteiger partial charge in [0.25, 0.3) is 0 Å². The van der Waals surface area contributed by atoms with Gasteiger partial charge in [-0.3, -0.25) is 0 Å². The predicted molar refractivity (Wildman–Crippen MR) is 94.9 cm³/mol. The van der Waals surface area contributed by atoms with Crippen LogP contribution in [0.25, 0.3) is 0 Å². The molecule has 1 saturated heterocycles. The Hall–Kier alpha value is -1.55. The Bertz CT molecular complexity index is 585. The Morgan fingerprint density at radius 2 is 1.65 bits per heavy atom. The normalized spacial score (nSPS) is 16.4. The van der Waals surface area contributed by atoms with Crippen molar-refractivity contribution in [3.05, 3.63) is 65.7 Å². The molecule has 1 aliphatic heterocycles. The third-order valence-corrected chi connectivity index (χ3v) is 4.29. The van der Waals surface area contributed by atoms with E-state index in [9.17, 15) is 0 Å². The Kier molecular flexibility index (Phi) is 6.90. The highest BCUT2D eigenvalue weighted by molar-refractivity contribution is 5.85. The van der Waals surface area contributed by atoms with Crippen LogP contribution in [-0.4, -0.2) is 13.2 Å². The summed E-state index contributed by atoms with van der Waals surface area (Å²) in [6.45, 7) is 2.19. The van der Waals surface area contributed by atoms with Gasteiger partial charge in [0.05, 0.1) is 0 Å². The fourth-order valence-electron chi connectivity index (χ4n) is 2.95. The van der Waals surface area contributed by atoms with E-state index < -0.39 is 0 Å². The maximum atomic E-state index is 6.50. The third-order valence-electron chi connectivity index (χ3n) is 4.29. The van der Waals surface area contributed by atoms with Gasteiger partial charge in [-0.25, -0.2) is 0 Å². The van der Waals surface area contributed by atoms with E-state index in [1.807, 2.05) is 36.4 Å². The van der Waals surface area contributed by atoms with Crippen molar-refractivity contribution in [2.24, 2.45) is 11.7 Å². The van der Waals surface area contributed by atoms with Gasteiger partial charge in [0.2, 0.25) is 0 Å². The molecule has 23 heavy (non-hydrogen) atoms. The lowest BCUT2D eigenvalue weighted by Gasteiger charge is -2.29. The molecule has 2 aromatic carbocycles. The summed E-state index contributed by atoms with van der Waals surface area (Å²) in [7, 11) is 0. The molecule has 2 N–H and O–H groups in total. The molecule has 0 bridgehead atoms. The second kappa shape index (κ2) is 8.92. The smallest absolute Gasteiger partial charge is 0.124 e. The molecule has 0 amide bonds. The van der Waals surface area contributed by atoms with Crippen LogP contribution in [-0.2, 0) is 11.3 Å². The molecule has 3 nitrogen and oxygen atoms in total. The molecule has 0 saturated carbocycles. The average Bonchev–Trinajstić information content (AvgIpc) is 2.61. The third kappa shape index (κ3) is 4.71. The Labute approximate surface area is 144 Å². The second-order valence-electron chi connectivity index (χ2n) is 5.79. The molecule has 1 aliphatic rings. The zero-order valence-corrected chi connectivity index (χ0v) is 14.0. The highest BCUT2D eigenvalue weighted by Gasteiger charge is 2.24. The van der Waals surface area contributed by atoms with Crippen molar-refractivity contribution in [1.29, 1.82) is 0 Å². The van der Waals surface area contributed by atoms with Crippen LogP contribution in [0.3, 0.4) is 0 Å². The number of benzene rings is 2. The van der Waals surface area contributed by atoms with E-state index in [2.05, 4.69) is 18.2 Å². The fourth-order valence-corrected chi connectivity index (χ4v) is 2.95. The molecule has 0 aliphatic carbocycles. The molecular weight excluding hydrogens is 310 g/mol. The zero-order chi connectivity index (χ0) is 15.2. The van der Waals surface area contributed by atoms with Crippen LogP contribution in [0.15, 0.2) is 54.6 Å². The number of halogens is 1. The summed E-state index contributed by atoms with van der Waals surface area (Å²) in [6, 6.07) is 18.3. The first-order chi connectivity index (χ1) is 10.8. The molecule has 4 heteroatoms. The Morgan fingerprint density at radius 3 is 2.39 bits per heavy atom. The summed E-state index contributed by atoms with van der Waals surface area (Å²) in [5.74, 6) is 1.36. The van der Waals surface area contributed by atoms with E-state index in [0.29, 0.717) is 12.5 Å². The summed E-state index contributed by atoms with van der Waals surface area (Å²) in [5, 5.41) is 0. The summed E-state index contributed by atoms with van der Waals surface area (Å²) in [4.78, 5) is 0. The lowest BCUT2D eigenvalue weighted by atomic mass is 9.87. The Balaban J connectivity index is 0.00000192. The zero-order valence-electron chi connectivity index (χ0n) is 13.2. The molecular formula is C19H24ClNO2. The minimum atomic E-state index is 0. The van der Waals surface area contributed by atoms with Gasteiger partial charge in [0.15, 0.2) is 0 Å². The van der Waals surface area contributed by atoms with Crippen molar-refractivity contribution >= 4 is 12.4 Å². The minimum absolute atomic E-state index is 0. The maximum Gasteiger partial charge on any atom is 0.124 e. The van der Waals surface area contributed by atoms with Gasteiger partial charge in [-0.1, -0.05) is 48.5 Å². The average molecular weight is 334 g/mol. The van der Waals surface area contributed by atoms with Crippen molar-refractivity contribution < 1.29 is 9.47 Å². The van der Waals surface area contributed by atoms with Crippen LogP contribution in [0, 0.1) is 5.92 Å². The van der Waals surface area contributed by atoms with Crippen molar-refractivity contribution in [1.82, 2.24) is 0 Å². The molecule has 0 unspecified atom stereocenters. The lowest BCUT2D eigenvalue weighted by Crippen LogP contribution is -2.27. The lowest BCUT2D eigenvalue weighted by molar-refractivity contribution is 0.0580. The van der Waals surface area contributed by atoms with Gasteiger partial charge in [-0.15, -0.1) is 12.4 Å². The molecule has 124 valence electrons. The molecule has 3 rings (SSSR count). The topological polar surface area (TPSA) is 44.5 Å². The number of nitrogens with two attached hydrogens (primary N) is 1. The molecule has 2 aromatic rings. The van der Waals surface area contributed by atoms with Crippen LogP contribution in [0.5, 0.6) is 5.75 Å². The van der Waals surface area contributed by atoms with Crippen LogP contribution in [0.1, 0.15) is 30.0 Å². The minimum Gasteiger partial charge on any atom is -0.489 e. The monoisotopic (exact) mass is 333 g/mol. The van der Waals surface area contributed by atoms with Crippen molar-refractivity contribution in [2.75, 3.05) is 13.2 Å². The first-order valence-electron chi connectivity index (χ1n) is 7.93. The standard InChI is InChI=1S/C19H23NO2.ClH/c20-19(16-10-12-21-13-11-16)17-8-4-5-9-18(17)22-14-15-6-2-1-3-7-15;/h1-9,16,19H,10-14,20H2;1H/t19-;/m1./s1. The largest absolute Gasteiger partial charge is 0.489 e. The van der Waals surface area contributed by atoms with Gasteiger partial charge < -0.3 is 15.2 Å². The van der Waals surface area contributed by atoms with E-state index in [1.54, 1.807) is 0 Å². The van der Waals surface area contributed by atoms with Gasteiger partial charge in [-0.2, -0.15) is 0 Å². The number of para-hydroxylation sites is 1. The van der Waals surface area contributed by atoms with Crippen LogP contribution < -0.4 is 10.5 Å². The summed E-state index contributed by atoms with van der Waals surface area (Å²) >= 11 is 0. The molecule has 0 spiro atoms. The van der Waals surface area contributed by atoms with Gasteiger partial charge in [0, 0.05) is 24.8 Å². The Morgan fingerprint density at radius 1 is 1.00 bits per heavy atom. The maximum absolute atomic E-state index is 6.50. The first kappa shape index (κ1) is 17.8. The van der Waals surface area contributed by atoms with Crippen molar-refractivity contribution in [3.63, 3.8) is 0 Å². The van der Waals surface area contributed by atoms with Gasteiger partial charge >= 0.3 is 0 Å². The van der Waals surface area contributed by atoms with Crippen LogP contribution in [0.2, 0.25) is 0 Å². The molecule has 0 radical (unpaired) electrons. The van der Waals surface area contributed by atoms with Crippen LogP contribution >= 0.6 is 12.4 Å². The van der Waals surface area contributed by atoms with Crippen molar-refractivity contribution in [2.45, 2.75) is 25.5 Å². The number of ether oxygens (including phenoxy) is 2. The number of hydrogen-bond acceptors (Lipinski definition) is 3. The van der Waals surface area contributed by atoms with Crippen molar-refractivity contribution in [3.8, 4) is 5.75 Å². The second-order valence-corrected chi connectivity index (χ2v) is 5.79. The molecule has 1 atom stereocenters. The SMILES string of the molecule is Cl.N[C@@H](c1ccccc1OCc1ccccc1)C1CCOCC1. The summed E-state index contributed by atoms with van der Waals surface area (Å²) in [6.07, 6.45) is 2.04. The summed E-state index contributed by atoms with van der Waals surface area (Å²) in [5.41, 5.74) is 8.77. The van der Waals surface area contributed by atoms with Gasteiger partial charge in [-0.05, 0) is 30.4 Å². The summed E-state index contributed by atoms with van der Waals surface area (Å²) < 4.78 is 11.5. The van der Waals surface area contributed by atoms with E-state index in [-0.39, 0.29) is 18.4 Å². The number of rotatable bonds is 5.